The Balaban J connectivity index is 2.25. The van der Waals surface area contributed by atoms with Crippen molar-refractivity contribution in [3.05, 3.63) is 47.4 Å². The Hall–Kier alpha value is -2.76. The van der Waals surface area contributed by atoms with Crippen LogP contribution in [0, 0.1) is 12.7 Å². The van der Waals surface area contributed by atoms with Crippen LogP contribution in [0.15, 0.2) is 30.3 Å². The Morgan fingerprint density at radius 2 is 2.00 bits per heavy atom. The predicted molar refractivity (Wildman–Crippen MR) is 93.9 cm³/mol. The molecule has 0 atom stereocenters. The van der Waals surface area contributed by atoms with E-state index >= 15 is 0 Å². The Kier molecular flexibility index (Phi) is 4.79. The van der Waals surface area contributed by atoms with Crippen molar-refractivity contribution in [3.8, 4) is 11.3 Å². The first-order chi connectivity index (χ1) is 12.0. The van der Waals surface area contributed by atoms with Crippen LogP contribution in [0.2, 0.25) is 0 Å². The van der Waals surface area contributed by atoms with Gasteiger partial charge in [-0.25, -0.2) is 18.9 Å². The van der Waals surface area contributed by atoms with Gasteiger partial charge < -0.3 is 4.74 Å². The lowest BCUT2D eigenvalue weighted by Crippen LogP contribution is -2.05. The fourth-order valence-electron chi connectivity index (χ4n) is 2.86. The number of nitrogens with zero attached hydrogens (tertiary/aromatic N) is 3. The van der Waals surface area contributed by atoms with Crippen LogP contribution < -0.4 is 0 Å². The fourth-order valence-corrected chi connectivity index (χ4v) is 2.86. The van der Waals surface area contributed by atoms with E-state index in [1.165, 1.54) is 19.2 Å². The fraction of sp³-hybridized carbons (Fsp3) is 0.316. The maximum Gasteiger partial charge on any atom is 0.338 e. The average molecular weight is 341 g/mol. The Morgan fingerprint density at radius 1 is 1.28 bits per heavy atom. The van der Waals surface area contributed by atoms with E-state index in [0.717, 1.165) is 30.6 Å². The number of ether oxygens (including phenoxy) is 1. The lowest BCUT2D eigenvalue weighted by atomic mass is 10.1. The zero-order valence-corrected chi connectivity index (χ0v) is 14.5. The molecule has 3 rings (SSSR count). The highest BCUT2D eigenvalue weighted by molar-refractivity contribution is 6.04. The molecule has 0 aliphatic carbocycles. The Labute approximate surface area is 145 Å². The maximum absolute atomic E-state index is 13.2. The summed E-state index contributed by atoms with van der Waals surface area (Å²) in [5.74, 6) is -0.754. The number of methoxy groups -OCH3 is 1. The number of unbranched alkanes of at least 4 members (excludes halogenated alkanes) is 1. The quantitative estimate of drug-likeness (QED) is 0.655. The summed E-state index contributed by atoms with van der Waals surface area (Å²) in [6.45, 7) is 4.69. The van der Waals surface area contributed by atoms with Gasteiger partial charge in [-0.15, -0.1) is 0 Å². The van der Waals surface area contributed by atoms with E-state index in [0.29, 0.717) is 22.3 Å². The highest BCUT2D eigenvalue weighted by Crippen LogP contribution is 2.28. The molecule has 3 aromatic rings. The van der Waals surface area contributed by atoms with Crippen LogP contribution in [0.25, 0.3) is 22.3 Å². The normalized spacial score (nSPS) is 11.0. The number of aryl methyl sites for hydroxylation is 2. The van der Waals surface area contributed by atoms with Gasteiger partial charge in [-0.3, -0.25) is 0 Å². The molecule has 0 spiro atoms. The Bertz CT molecular complexity index is 917. The number of benzene rings is 1. The molecule has 25 heavy (non-hydrogen) atoms. The lowest BCUT2D eigenvalue weighted by molar-refractivity contribution is 0.0603. The van der Waals surface area contributed by atoms with Gasteiger partial charge in [0.1, 0.15) is 5.82 Å². The van der Waals surface area contributed by atoms with Gasteiger partial charge in [0.25, 0.3) is 0 Å². The minimum absolute atomic E-state index is 0.318. The highest BCUT2D eigenvalue weighted by atomic mass is 19.1. The standard InChI is InChI=1S/C19H20FN3O2/c1-4-5-10-23-18-17(12(2)22-23)15(19(24)25-3)11-16(21-18)13-6-8-14(20)9-7-13/h6-9,11H,4-5,10H2,1-3H3. The monoisotopic (exact) mass is 341 g/mol. The molecule has 0 bridgehead atoms. The number of hydrogen-bond donors (Lipinski definition) is 0. The predicted octanol–water partition coefficient (Wildman–Crippen LogP) is 4.13. The number of carbonyl (C=O) groups is 1. The van der Waals surface area contributed by atoms with E-state index in [-0.39, 0.29) is 5.82 Å². The van der Waals surface area contributed by atoms with Gasteiger partial charge in [0.2, 0.25) is 0 Å². The van der Waals surface area contributed by atoms with Crippen molar-refractivity contribution in [2.45, 2.75) is 33.2 Å². The zero-order chi connectivity index (χ0) is 18.0. The van der Waals surface area contributed by atoms with Gasteiger partial charge >= 0.3 is 5.97 Å². The van der Waals surface area contributed by atoms with Gasteiger partial charge in [0.15, 0.2) is 5.65 Å². The van der Waals surface area contributed by atoms with Crippen LogP contribution in [-0.4, -0.2) is 27.8 Å². The number of esters is 1. The third-order valence-electron chi connectivity index (χ3n) is 4.15. The molecule has 0 N–H and O–H groups in total. The summed E-state index contributed by atoms with van der Waals surface area (Å²) in [5.41, 5.74) is 3.13. The molecular formula is C19H20FN3O2. The van der Waals surface area contributed by atoms with Crippen molar-refractivity contribution in [2.75, 3.05) is 7.11 Å². The first-order valence-corrected chi connectivity index (χ1v) is 8.27. The highest BCUT2D eigenvalue weighted by Gasteiger charge is 2.20. The van der Waals surface area contributed by atoms with Crippen LogP contribution in [0.3, 0.4) is 0 Å². The molecule has 0 amide bonds. The van der Waals surface area contributed by atoms with Gasteiger partial charge in [-0.2, -0.15) is 5.10 Å². The number of rotatable bonds is 5. The minimum atomic E-state index is -0.436. The summed E-state index contributed by atoms with van der Waals surface area (Å²) in [7, 11) is 1.35. The molecule has 0 aliphatic heterocycles. The summed E-state index contributed by atoms with van der Waals surface area (Å²) in [4.78, 5) is 17.0. The Morgan fingerprint density at radius 3 is 2.64 bits per heavy atom. The zero-order valence-electron chi connectivity index (χ0n) is 14.5. The largest absolute Gasteiger partial charge is 0.465 e. The number of aromatic nitrogens is 3. The molecule has 0 unspecified atom stereocenters. The summed E-state index contributed by atoms with van der Waals surface area (Å²) < 4.78 is 20.0. The molecule has 5 nitrogen and oxygen atoms in total. The summed E-state index contributed by atoms with van der Waals surface area (Å²) in [6, 6.07) is 7.71. The van der Waals surface area contributed by atoms with Gasteiger partial charge in [-0.1, -0.05) is 13.3 Å². The first-order valence-electron chi connectivity index (χ1n) is 8.27. The molecule has 2 aromatic heterocycles. The summed E-state index contributed by atoms with van der Waals surface area (Å²) >= 11 is 0. The molecule has 2 heterocycles. The smallest absolute Gasteiger partial charge is 0.338 e. The van der Waals surface area contributed by atoms with E-state index in [4.69, 9.17) is 9.72 Å². The third-order valence-corrected chi connectivity index (χ3v) is 4.15. The SMILES string of the molecule is CCCCn1nc(C)c2c(C(=O)OC)cc(-c3ccc(F)cc3)nc21. The number of carbonyl (C=O) groups excluding carboxylic acids is 1. The minimum Gasteiger partial charge on any atom is -0.465 e. The van der Waals surface area contributed by atoms with Crippen LogP contribution in [0.4, 0.5) is 4.39 Å². The van der Waals surface area contributed by atoms with Crippen molar-refractivity contribution in [1.82, 2.24) is 14.8 Å². The van der Waals surface area contributed by atoms with Crippen molar-refractivity contribution in [1.29, 1.82) is 0 Å². The molecular weight excluding hydrogens is 321 g/mol. The van der Waals surface area contributed by atoms with E-state index in [2.05, 4.69) is 12.0 Å². The van der Waals surface area contributed by atoms with Crippen molar-refractivity contribution in [3.63, 3.8) is 0 Å². The second-order valence-corrected chi connectivity index (χ2v) is 5.91. The number of fused-ring (bicyclic) bond motifs is 1. The number of halogens is 1. The summed E-state index contributed by atoms with van der Waals surface area (Å²) in [5, 5.41) is 5.24. The molecule has 6 heteroatoms. The van der Waals surface area contributed by atoms with Gasteiger partial charge in [-0.05, 0) is 43.7 Å². The molecule has 0 aliphatic rings. The van der Waals surface area contributed by atoms with E-state index < -0.39 is 5.97 Å². The first kappa shape index (κ1) is 17.1. The second-order valence-electron chi connectivity index (χ2n) is 5.91. The molecule has 130 valence electrons. The number of hydrogen-bond acceptors (Lipinski definition) is 4. The number of pyridine rings is 1. The summed E-state index contributed by atoms with van der Waals surface area (Å²) in [6.07, 6.45) is 1.99. The van der Waals surface area contributed by atoms with Gasteiger partial charge in [0.05, 0.1) is 29.4 Å². The molecule has 0 fully saturated rings. The molecule has 0 saturated heterocycles. The lowest BCUT2D eigenvalue weighted by Gasteiger charge is -2.08. The van der Waals surface area contributed by atoms with E-state index in [1.54, 1.807) is 18.2 Å². The topological polar surface area (TPSA) is 57.0 Å². The van der Waals surface area contributed by atoms with E-state index in [1.807, 2.05) is 11.6 Å². The third kappa shape index (κ3) is 3.24. The van der Waals surface area contributed by atoms with E-state index in [9.17, 15) is 9.18 Å². The molecule has 0 saturated carbocycles. The average Bonchev–Trinajstić information content (AvgIpc) is 2.95. The van der Waals surface area contributed by atoms with Crippen molar-refractivity contribution >= 4 is 17.0 Å². The van der Waals surface area contributed by atoms with Gasteiger partial charge in [0, 0.05) is 12.1 Å². The maximum atomic E-state index is 13.2. The van der Waals surface area contributed by atoms with Crippen LogP contribution in [0.5, 0.6) is 0 Å². The molecule has 0 radical (unpaired) electrons. The van der Waals surface area contributed by atoms with Crippen LogP contribution >= 0.6 is 0 Å². The van der Waals surface area contributed by atoms with Crippen LogP contribution in [-0.2, 0) is 11.3 Å². The second kappa shape index (κ2) is 7.01. The van der Waals surface area contributed by atoms with Crippen molar-refractivity contribution < 1.29 is 13.9 Å². The van der Waals surface area contributed by atoms with Crippen molar-refractivity contribution in [2.24, 2.45) is 0 Å². The van der Waals surface area contributed by atoms with Crippen LogP contribution in [0.1, 0.15) is 35.8 Å². The molecule has 1 aromatic carbocycles.